The lowest BCUT2D eigenvalue weighted by atomic mass is 10.3. The molecule has 2 heterocycles. The van der Waals surface area contributed by atoms with Crippen LogP contribution in [-0.4, -0.2) is 29.2 Å². The maximum atomic E-state index is 10.4. The van der Waals surface area contributed by atoms with Gasteiger partial charge in [-0.2, -0.15) is 4.98 Å². The first kappa shape index (κ1) is 13.3. The summed E-state index contributed by atoms with van der Waals surface area (Å²) in [5.41, 5.74) is 10.5. The molecule has 0 spiro atoms. The van der Waals surface area contributed by atoms with Gasteiger partial charge in [0.05, 0.1) is 11.9 Å². The Labute approximate surface area is 114 Å². The van der Waals surface area contributed by atoms with Crippen LogP contribution in [0.15, 0.2) is 6.07 Å². The average molecular weight is 281 g/mol. The van der Waals surface area contributed by atoms with E-state index in [2.05, 4.69) is 26.9 Å². The Hall–Kier alpha value is -2.09. The Balaban J connectivity index is 2.16. The minimum atomic E-state index is -0.794. The number of carbonyl (C=O) groups excluding carboxylic acids is 1. The fourth-order valence-corrected chi connectivity index (χ4v) is 2.59. The van der Waals surface area contributed by atoms with Crippen molar-refractivity contribution in [1.29, 1.82) is 0 Å². The molecule has 0 saturated carbocycles. The van der Waals surface area contributed by atoms with Crippen LogP contribution in [0.1, 0.15) is 11.8 Å². The van der Waals surface area contributed by atoms with Crippen LogP contribution in [0.2, 0.25) is 0 Å². The average Bonchev–Trinajstić information content (AvgIpc) is 2.77. The summed E-state index contributed by atoms with van der Waals surface area (Å²) in [4.78, 5) is 20.9. The van der Waals surface area contributed by atoms with Gasteiger partial charge < -0.3 is 21.5 Å². The number of nitrogen functional groups attached to an aromatic ring is 1. The molecule has 19 heavy (non-hydrogen) atoms. The Morgan fingerprint density at radius 3 is 3.00 bits per heavy atom. The van der Waals surface area contributed by atoms with Crippen LogP contribution >= 0.6 is 11.3 Å². The number of nitrogens with one attached hydrogen (secondary N) is 1. The maximum Gasteiger partial charge on any atom is 0.404 e. The van der Waals surface area contributed by atoms with Crippen LogP contribution in [0, 0.1) is 0 Å². The molecule has 0 atom stereocenters. The van der Waals surface area contributed by atoms with E-state index < -0.39 is 6.09 Å². The molecule has 2 rings (SSSR count). The first-order chi connectivity index (χ1) is 9.10. The molecule has 0 radical (unpaired) electrons. The van der Waals surface area contributed by atoms with E-state index in [0.29, 0.717) is 12.4 Å². The molecule has 8 heteroatoms. The molecule has 0 aliphatic heterocycles. The van der Waals surface area contributed by atoms with E-state index in [-0.39, 0.29) is 12.6 Å². The van der Waals surface area contributed by atoms with E-state index >= 15 is 0 Å². The molecule has 0 bridgehead atoms. The molecule has 2 aromatic heterocycles. The SMILES string of the molecule is CCc1cc2c(NCCOC(N)=O)nc(N)nc2s1. The lowest BCUT2D eigenvalue weighted by Crippen LogP contribution is -2.18. The lowest BCUT2D eigenvalue weighted by Gasteiger charge is -2.07. The zero-order valence-electron chi connectivity index (χ0n) is 10.5. The van der Waals surface area contributed by atoms with Crippen LogP contribution in [0.3, 0.4) is 0 Å². The molecular formula is C11H15N5O2S. The van der Waals surface area contributed by atoms with Crippen LogP contribution in [0.5, 0.6) is 0 Å². The fourth-order valence-electron chi connectivity index (χ4n) is 1.62. The van der Waals surface area contributed by atoms with Crippen LogP contribution in [0.4, 0.5) is 16.6 Å². The number of carbonyl (C=O) groups is 1. The van der Waals surface area contributed by atoms with Gasteiger partial charge in [-0.15, -0.1) is 11.3 Å². The van der Waals surface area contributed by atoms with Crippen molar-refractivity contribution in [3.63, 3.8) is 0 Å². The number of rotatable bonds is 5. The minimum absolute atomic E-state index is 0.172. The number of fused-ring (bicyclic) bond motifs is 1. The van der Waals surface area contributed by atoms with E-state index in [1.165, 1.54) is 4.88 Å². The smallest absolute Gasteiger partial charge is 0.404 e. The van der Waals surface area contributed by atoms with E-state index in [4.69, 9.17) is 11.5 Å². The standard InChI is InChI=1S/C11H15N5O2S/c1-2-6-5-7-8(14-3-4-18-11(13)17)15-10(12)16-9(7)19-6/h5H,2-4H2,1H3,(H2,13,17)(H3,12,14,15,16). The van der Waals surface area contributed by atoms with Crippen molar-refractivity contribution in [1.82, 2.24) is 9.97 Å². The topological polar surface area (TPSA) is 116 Å². The molecule has 0 aliphatic rings. The van der Waals surface area contributed by atoms with Crippen LogP contribution in [0.25, 0.3) is 10.2 Å². The Morgan fingerprint density at radius 2 is 2.32 bits per heavy atom. The molecule has 102 valence electrons. The van der Waals surface area contributed by atoms with Gasteiger partial charge in [0.2, 0.25) is 5.95 Å². The number of aromatic nitrogens is 2. The third-order valence-corrected chi connectivity index (χ3v) is 3.62. The van der Waals surface area contributed by atoms with Crippen molar-refractivity contribution in [3.05, 3.63) is 10.9 Å². The fraction of sp³-hybridized carbons (Fsp3) is 0.364. The quantitative estimate of drug-likeness (QED) is 0.712. The largest absolute Gasteiger partial charge is 0.448 e. The highest BCUT2D eigenvalue weighted by Crippen LogP contribution is 2.29. The Kier molecular flexibility index (Phi) is 4.00. The molecule has 0 aliphatic carbocycles. The second-order valence-corrected chi connectivity index (χ2v) is 4.92. The highest BCUT2D eigenvalue weighted by Gasteiger charge is 2.09. The van der Waals surface area contributed by atoms with Gasteiger partial charge in [-0.3, -0.25) is 0 Å². The van der Waals surface area contributed by atoms with E-state index in [1.54, 1.807) is 11.3 Å². The number of nitrogens with zero attached hydrogens (tertiary/aromatic N) is 2. The van der Waals surface area contributed by atoms with Gasteiger partial charge in [0, 0.05) is 4.88 Å². The number of aryl methyl sites for hydroxylation is 1. The first-order valence-corrected chi connectivity index (χ1v) is 6.64. The summed E-state index contributed by atoms with van der Waals surface area (Å²) in [7, 11) is 0. The number of amides is 1. The third kappa shape index (κ3) is 3.22. The van der Waals surface area contributed by atoms with Crippen molar-refractivity contribution in [3.8, 4) is 0 Å². The molecule has 0 saturated heterocycles. The number of nitrogens with two attached hydrogens (primary N) is 2. The molecule has 0 unspecified atom stereocenters. The van der Waals surface area contributed by atoms with E-state index in [9.17, 15) is 4.79 Å². The molecule has 0 fully saturated rings. The highest BCUT2D eigenvalue weighted by molar-refractivity contribution is 7.18. The summed E-state index contributed by atoms with van der Waals surface area (Å²) in [6, 6.07) is 2.04. The number of primary amides is 1. The van der Waals surface area contributed by atoms with Gasteiger partial charge in [0.25, 0.3) is 0 Å². The normalized spacial score (nSPS) is 10.6. The second-order valence-electron chi connectivity index (χ2n) is 3.81. The molecule has 5 N–H and O–H groups in total. The zero-order chi connectivity index (χ0) is 13.8. The van der Waals surface area contributed by atoms with E-state index in [1.807, 2.05) is 6.07 Å². The predicted molar refractivity (Wildman–Crippen MR) is 75.2 cm³/mol. The van der Waals surface area contributed by atoms with Crippen LogP contribution in [-0.2, 0) is 11.2 Å². The first-order valence-electron chi connectivity index (χ1n) is 5.82. The van der Waals surface area contributed by atoms with Gasteiger partial charge in [-0.05, 0) is 12.5 Å². The maximum absolute atomic E-state index is 10.4. The molecule has 0 aromatic carbocycles. The summed E-state index contributed by atoms with van der Waals surface area (Å²) < 4.78 is 4.64. The monoisotopic (exact) mass is 281 g/mol. The van der Waals surface area contributed by atoms with Gasteiger partial charge in [-0.1, -0.05) is 6.92 Å². The van der Waals surface area contributed by atoms with Crippen molar-refractivity contribution in [2.45, 2.75) is 13.3 Å². The van der Waals surface area contributed by atoms with E-state index in [0.717, 1.165) is 16.6 Å². The summed E-state index contributed by atoms with van der Waals surface area (Å²) >= 11 is 1.59. The lowest BCUT2D eigenvalue weighted by molar-refractivity contribution is 0.161. The van der Waals surface area contributed by atoms with Crippen molar-refractivity contribution < 1.29 is 9.53 Å². The zero-order valence-corrected chi connectivity index (χ0v) is 11.3. The van der Waals surface area contributed by atoms with Crippen LogP contribution < -0.4 is 16.8 Å². The third-order valence-electron chi connectivity index (χ3n) is 2.45. The summed E-state index contributed by atoms with van der Waals surface area (Å²) in [6.07, 6.45) is 0.142. The molecular weight excluding hydrogens is 266 g/mol. The predicted octanol–water partition coefficient (Wildman–Crippen LogP) is 1.34. The number of thiophene rings is 1. The van der Waals surface area contributed by atoms with Gasteiger partial charge in [0.15, 0.2) is 0 Å². The number of hydrogen-bond acceptors (Lipinski definition) is 7. The highest BCUT2D eigenvalue weighted by atomic mass is 32.1. The van der Waals surface area contributed by atoms with Gasteiger partial charge >= 0.3 is 6.09 Å². The molecule has 7 nitrogen and oxygen atoms in total. The molecule has 2 aromatic rings. The Morgan fingerprint density at radius 1 is 1.53 bits per heavy atom. The Bertz CT molecular complexity index is 598. The van der Waals surface area contributed by atoms with Gasteiger partial charge in [0.1, 0.15) is 17.3 Å². The summed E-state index contributed by atoms with van der Waals surface area (Å²) in [5, 5.41) is 3.99. The van der Waals surface area contributed by atoms with Crippen molar-refractivity contribution >= 4 is 39.4 Å². The summed E-state index contributed by atoms with van der Waals surface area (Å²) in [5.74, 6) is 0.863. The number of hydrogen-bond donors (Lipinski definition) is 3. The van der Waals surface area contributed by atoms with Crippen molar-refractivity contribution in [2.24, 2.45) is 5.73 Å². The van der Waals surface area contributed by atoms with Gasteiger partial charge in [-0.25, -0.2) is 9.78 Å². The minimum Gasteiger partial charge on any atom is -0.448 e. The number of ether oxygens (including phenoxy) is 1. The number of anilines is 2. The summed E-state index contributed by atoms with van der Waals surface area (Å²) in [6.45, 7) is 2.66. The molecule has 1 amide bonds. The second kappa shape index (κ2) is 5.70. The van der Waals surface area contributed by atoms with Crippen molar-refractivity contribution in [2.75, 3.05) is 24.2 Å².